The smallest absolute Gasteiger partial charge is 0.238 e. The third-order valence-electron chi connectivity index (χ3n) is 3.34. The second-order valence-electron chi connectivity index (χ2n) is 4.92. The van der Waals surface area contributed by atoms with E-state index in [9.17, 15) is 8.42 Å². The average molecular weight is 308 g/mol. The van der Waals surface area contributed by atoms with Crippen molar-refractivity contribution >= 4 is 10.0 Å². The van der Waals surface area contributed by atoms with Gasteiger partial charge in [0.05, 0.1) is 11.1 Å². The predicted molar refractivity (Wildman–Crippen MR) is 81.0 cm³/mol. The quantitative estimate of drug-likeness (QED) is 0.844. The highest BCUT2D eigenvalue weighted by Gasteiger charge is 2.09. The number of benzene rings is 1. The number of sulfonamides is 1. The Labute approximate surface area is 125 Å². The molecule has 1 aromatic carbocycles. The molecule has 0 aliphatic carbocycles. The van der Waals surface area contributed by atoms with E-state index in [0.29, 0.717) is 6.54 Å². The molecule has 0 spiro atoms. The average Bonchev–Trinajstić information content (AvgIpc) is 2.93. The number of nitrogens with two attached hydrogens (primary N) is 1. The molecule has 114 valence electrons. The standard InChI is InChI=1S/C14H20N4O2S/c1-3-18-10-13(9-17-18)11(2)16-8-12-4-6-14(7-5-12)21(15,19)20/h4-7,9-11,16H,3,8H2,1-2H3,(H2,15,19,20). The molecule has 1 aromatic heterocycles. The van der Waals surface area contributed by atoms with Gasteiger partial charge in [-0.25, -0.2) is 13.6 Å². The molecular formula is C14H20N4O2S. The van der Waals surface area contributed by atoms with E-state index < -0.39 is 10.0 Å². The van der Waals surface area contributed by atoms with Crippen LogP contribution in [0.5, 0.6) is 0 Å². The van der Waals surface area contributed by atoms with E-state index in [1.54, 1.807) is 12.1 Å². The Kier molecular flexibility index (Phi) is 4.76. The molecule has 0 saturated carbocycles. The Bertz CT molecular complexity index is 692. The molecular weight excluding hydrogens is 288 g/mol. The minimum atomic E-state index is -3.63. The fourth-order valence-corrected chi connectivity index (χ4v) is 2.48. The minimum absolute atomic E-state index is 0.128. The van der Waals surface area contributed by atoms with Gasteiger partial charge >= 0.3 is 0 Å². The first-order valence-corrected chi connectivity index (χ1v) is 8.32. The van der Waals surface area contributed by atoms with E-state index >= 15 is 0 Å². The first kappa shape index (κ1) is 15.7. The van der Waals surface area contributed by atoms with Crippen molar-refractivity contribution < 1.29 is 8.42 Å². The van der Waals surface area contributed by atoms with E-state index in [4.69, 9.17) is 5.14 Å². The highest BCUT2D eigenvalue weighted by Crippen LogP contribution is 2.13. The summed E-state index contributed by atoms with van der Waals surface area (Å²) in [7, 11) is -3.63. The molecule has 2 rings (SSSR count). The van der Waals surface area contributed by atoms with Crippen LogP contribution in [0.4, 0.5) is 0 Å². The van der Waals surface area contributed by atoms with Gasteiger partial charge in [-0.15, -0.1) is 0 Å². The first-order chi connectivity index (χ1) is 9.90. The Morgan fingerprint density at radius 1 is 1.33 bits per heavy atom. The van der Waals surface area contributed by atoms with Crippen LogP contribution in [0.1, 0.15) is 31.0 Å². The largest absolute Gasteiger partial charge is 0.306 e. The van der Waals surface area contributed by atoms with Crippen molar-refractivity contribution in [1.82, 2.24) is 15.1 Å². The third-order valence-corrected chi connectivity index (χ3v) is 4.27. The topological polar surface area (TPSA) is 90.0 Å². The van der Waals surface area contributed by atoms with Crippen molar-refractivity contribution in [3.8, 4) is 0 Å². The Morgan fingerprint density at radius 2 is 2.00 bits per heavy atom. The summed E-state index contributed by atoms with van der Waals surface area (Å²) < 4.78 is 24.2. The van der Waals surface area contributed by atoms with Crippen LogP contribution in [-0.4, -0.2) is 18.2 Å². The third kappa shape index (κ3) is 4.13. The minimum Gasteiger partial charge on any atom is -0.306 e. The second-order valence-corrected chi connectivity index (χ2v) is 6.48. The van der Waals surface area contributed by atoms with Gasteiger partial charge in [0.25, 0.3) is 0 Å². The van der Waals surface area contributed by atoms with Gasteiger partial charge in [0.2, 0.25) is 10.0 Å². The van der Waals surface area contributed by atoms with Gasteiger partial charge in [-0.05, 0) is 31.5 Å². The summed E-state index contributed by atoms with van der Waals surface area (Å²) in [5.41, 5.74) is 2.12. The van der Waals surface area contributed by atoms with E-state index in [1.165, 1.54) is 12.1 Å². The molecule has 1 atom stereocenters. The van der Waals surface area contributed by atoms with Crippen LogP contribution in [0, 0.1) is 0 Å². The van der Waals surface area contributed by atoms with Crippen molar-refractivity contribution in [3.63, 3.8) is 0 Å². The van der Waals surface area contributed by atoms with E-state index in [-0.39, 0.29) is 10.9 Å². The monoisotopic (exact) mass is 308 g/mol. The summed E-state index contributed by atoms with van der Waals surface area (Å²) >= 11 is 0. The fraction of sp³-hybridized carbons (Fsp3) is 0.357. The summed E-state index contributed by atoms with van der Waals surface area (Å²) in [5.74, 6) is 0. The normalized spacial score (nSPS) is 13.3. The van der Waals surface area contributed by atoms with E-state index in [2.05, 4.69) is 17.3 Å². The second kappa shape index (κ2) is 6.38. The molecule has 0 saturated heterocycles. The zero-order valence-electron chi connectivity index (χ0n) is 12.2. The maximum absolute atomic E-state index is 11.2. The predicted octanol–water partition coefficient (Wildman–Crippen LogP) is 1.40. The van der Waals surface area contributed by atoms with Crippen LogP contribution in [0.25, 0.3) is 0 Å². The van der Waals surface area contributed by atoms with Gasteiger partial charge in [-0.2, -0.15) is 5.10 Å². The SMILES string of the molecule is CCn1cc(C(C)NCc2ccc(S(N)(=O)=O)cc2)cn1. The van der Waals surface area contributed by atoms with Gasteiger partial charge in [-0.1, -0.05) is 12.1 Å². The van der Waals surface area contributed by atoms with Gasteiger partial charge in [0, 0.05) is 30.9 Å². The highest BCUT2D eigenvalue weighted by atomic mass is 32.2. The summed E-state index contributed by atoms with van der Waals surface area (Å²) in [4.78, 5) is 0.128. The highest BCUT2D eigenvalue weighted by molar-refractivity contribution is 7.89. The zero-order valence-corrected chi connectivity index (χ0v) is 13.0. The van der Waals surface area contributed by atoms with Gasteiger partial charge < -0.3 is 5.32 Å². The lowest BCUT2D eigenvalue weighted by Gasteiger charge is -2.12. The summed E-state index contributed by atoms with van der Waals surface area (Å²) in [6.45, 7) is 5.60. The van der Waals surface area contributed by atoms with E-state index in [0.717, 1.165) is 17.7 Å². The Balaban J connectivity index is 1.96. The first-order valence-electron chi connectivity index (χ1n) is 6.77. The number of aryl methyl sites for hydroxylation is 1. The maximum atomic E-state index is 11.2. The fourth-order valence-electron chi connectivity index (χ4n) is 1.96. The van der Waals surface area contributed by atoms with Crippen LogP contribution in [0.3, 0.4) is 0 Å². The maximum Gasteiger partial charge on any atom is 0.238 e. The lowest BCUT2D eigenvalue weighted by atomic mass is 10.1. The van der Waals surface area contributed by atoms with Crippen LogP contribution in [0.2, 0.25) is 0 Å². The van der Waals surface area contributed by atoms with Crippen molar-refractivity contribution in [2.75, 3.05) is 0 Å². The lowest BCUT2D eigenvalue weighted by Crippen LogP contribution is -2.18. The van der Waals surface area contributed by atoms with Gasteiger partial charge in [0.1, 0.15) is 0 Å². The van der Waals surface area contributed by atoms with E-state index in [1.807, 2.05) is 24.0 Å². The molecule has 21 heavy (non-hydrogen) atoms. The van der Waals surface area contributed by atoms with Crippen molar-refractivity contribution in [2.45, 2.75) is 37.9 Å². The molecule has 7 heteroatoms. The number of hydrogen-bond acceptors (Lipinski definition) is 4. The molecule has 0 aliphatic heterocycles. The van der Waals surface area contributed by atoms with Crippen molar-refractivity contribution in [1.29, 1.82) is 0 Å². The molecule has 6 nitrogen and oxygen atoms in total. The molecule has 1 unspecified atom stereocenters. The zero-order chi connectivity index (χ0) is 15.5. The number of nitrogens with zero attached hydrogens (tertiary/aromatic N) is 2. The van der Waals surface area contributed by atoms with Crippen molar-refractivity contribution in [2.24, 2.45) is 5.14 Å². The lowest BCUT2D eigenvalue weighted by molar-refractivity contribution is 0.572. The Hall–Kier alpha value is -1.70. The number of aromatic nitrogens is 2. The number of rotatable bonds is 6. The summed E-state index contributed by atoms with van der Waals surface area (Å²) in [6.07, 6.45) is 3.87. The van der Waals surface area contributed by atoms with Crippen LogP contribution >= 0.6 is 0 Å². The van der Waals surface area contributed by atoms with Crippen LogP contribution < -0.4 is 10.5 Å². The molecule has 3 N–H and O–H groups in total. The summed E-state index contributed by atoms with van der Waals surface area (Å²) in [6, 6.07) is 6.73. The summed E-state index contributed by atoms with van der Waals surface area (Å²) in [5, 5.41) is 12.7. The number of primary sulfonamides is 1. The number of nitrogens with one attached hydrogen (secondary N) is 1. The molecule has 1 heterocycles. The molecule has 0 amide bonds. The molecule has 2 aromatic rings. The Morgan fingerprint density at radius 3 is 2.52 bits per heavy atom. The van der Waals surface area contributed by atoms with Gasteiger partial charge in [0.15, 0.2) is 0 Å². The molecule has 0 radical (unpaired) electrons. The molecule has 0 aliphatic rings. The van der Waals surface area contributed by atoms with Crippen molar-refractivity contribution in [3.05, 3.63) is 47.8 Å². The number of hydrogen-bond donors (Lipinski definition) is 2. The van der Waals surface area contributed by atoms with Crippen LogP contribution in [0.15, 0.2) is 41.6 Å². The molecule has 0 fully saturated rings. The molecule has 0 bridgehead atoms. The van der Waals surface area contributed by atoms with Gasteiger partial charge in [-0.3, -0.25) is 4.68 Å². The van der Waals surface area contributed by atoms with Crippen LogP contribution in [-0.2, 0) is 23.1 Å².